The Bertz CT molecular complexity index is 1190. The van der Waals surface area contributed by atoms with Crippen molar-refractivity contribution < 1.29 is 4.79 Å². The molecule has 0 amide bonds. The van der Waals surface area contributed by atoms with Crippen LogP contribution in [0, 0.1) is 0 Å². The molecule has 1 N–H and O–H groups in total. The number of hydrogen-bond acceptors (Lipinski definition) is 3. The number of hydrogen-bond donors (Lipinski definition) is 1. The lowest BCUT2D eigenvalue weighted by Crippen LogP contribution is -2.34. The number of Topliss-reactive ketones (excluding diaryl/α,β-unsaturated/α-hetero) is 1. The molecular weight excluding hydrogens is 508 g/mol. The van der Waals surface area contributed by atoms with Gasteiger partial charge in [-0.3, -0.25) is 4.79 Å². The molecule has 2 atom stereocenters. The number of allylic oxidation sites excluding steroid dienone is 7. The number of carbonyl (C=O) groups excluding carboxylic acids is 1. The Kier molecular flexibility index (Phi) is 17.3. The minimum absolute atomic E-state index is 0.115. The molecule has 3 nitrogen and oxygen atoms in total. The van der Waals surface area contributed by atoms with Crippen LogP contribution in [0.4, 0.5) is 0 Å². The van der Waals surface area contributed by atoms with E-state index in [4.69, 9.17) is 0 Å². The predicted octanol–water partition coefficient (Wildman–Crippen LogP) is 8.10. The molecule has 0 aromatic carbocycles. The monoisotopic (exact) mass is 562 g/mol. The van der Waals surface area contributed by atoms with Gasteiger partial charge in [0.05, 0.1) is 6.04 Å². The van der Waals surface area contributed by atoms with Crippen LogP contribution >= 0.6 is 11.8 Å². The zero-order valence-electron chi connectivity index (χ0n) is 26.2. The van der Waals surface area contributed by atoms with Crippen LogP contribution in [0.15, 0.2) is 71.9 Å². The molecule has 0 bridgehead atoms. The summed E-state index contributed by atoms with van der Waals surface area (Å²) in [5.74, 6) is 2.21. The van der Waals surface area contributed by atoms with E-state index in [1.54, 1.807) is 13.0 Å². The maximum absolute atomic E-state index is 12.5. The standard InChI is InChI=1S/C36H54N2OS/c1-11-12-19-35-24-32(8)38(33(35)9)36(34(10)39)21-20-30(6)25-37-31(7)26-40-23-22-29(5)18-14-17-28(4)16-13-15-27(2)3/h11-12,15,17,19,22,24,31,36-37H,1,6,8-9,13-14,16,18,20-21,23,25-26H2,2-5,7,10H3/b19-12-,28-17+,29-22+/t31-,36?/m1/s1. The van der Waals surface area contributed by atoms with Gasteiger partial charge in [0.15, 0.2) is 5.78 Å². The molecule has 1 aromatic rings. The molecule has 0 aliphatic rings. The summed E-state index contributed by atoms with van der Waals surface area (Å²) in [7, 11) is 0. The van der Waals surface area contributed by atoms with Gasteiger partial charge in [-0.25, -0.2) is 0 Å². The van der Waals surface area contributed by atoms with Crippen LogP contribution in [0.2, 0.25) is 0 Å². The predicted molar refractivity (Wildman–Crippen MR) is 182 cm³/mol. The third kappa shape index (κ3) is 14.2. The molecule has 40 heavy (non-hydrogen) atoms. The van der Waals surface area contributed by atoms with E-state index in [0.717, 1.165) is 72.0 Å². The SMILES string of the molecule is C=C/C=C\c1cc(=C)n(C(CCC(=C)CN[C@H](C)CSC/C=C(\C)CC/C=C(\C)CCC=C(C)C)C(C)=O)c1=C. The zero-order valence-corrected chi connectivity index (χ0v) is 27.0. The second-order valence-corrected chi connectivity index (χ2v) is 12.3. The van der Waals surface area contributed by atoms with Crippen LogP contribution in [0.3, 0.4) is 0 Å². The Hall–Kier alpha value is -2.56. The highest BCUT2D eigenvalue weighted by molar-refractivity contribution is 7.99. The molecule has 0 saturated heterocycles. The van der Waals surface area contributed by atoms with Crippen molar-refractivity contribution in [1.29, 1.82) is 0 Å². The zero-order chi connectivity index (χ0) is 30.1. The van der Waals surface area contributed by atoms with E-state index < -0.39 is 0 Å². The summed E-state index contributed by atoms with van der Waals surface area (Å²) >= 11 is 1.96. The summed E-state index contributed by atoms with van der Waals surface area (Å²) in [6.45, 7) is 29.8. The van der Waals surface area contributed by atoms with Gasteiger partial charge in [-0.1, -0.05) is 85.1 Å². The summed E-state index contributed by atoms with van der Waals surface area (Å²) in [4.78, 5) is 12.5. The van der Waals surface area contributed by atoms with E-state index in [1.807, 2.05) is 34.5 Å². The quantitative estimate of drug-likeness (QED) is 0.0990. The lowest BCUT2D eigenvalue weighted by atomic mass is 10.0. The number of rotatable bonds is 20. The highest BCUT2D eigenvalue weighted by Gasteiger charge is 2.18. The first-order chi connectivity index (χ1) is 19.0. The average molecular weight is 563 g/mol. The summed E-state index contributed by atoms with van der Waals surface area (Å²) < 4.78 is 1.96. The van der Waals surface area contributed by atoms with Crippen LogP contribution in [0.25, 0.3) is 19.2 Å². The maximum atomic E-state index is 12.5. The Labute approximate surface area is 249 Å². The second-order valence-electron chi connectivity index (χ2n) is 11.2. The van der Waals surface area contributed by atoms with Gasteiger partial charge in [-0.15, -0.1) is 0 Å². The van der Waals surface area contributed by atoms with Crippen molar-refractivity contribution in [2.24, 2.45) is 0 Å². The average Bonchev–Trinajstić information content (AvgIpc) is 3.16. The van der Waals surface area contributed by atoms with Gasteiger partial charge in [0.25, 0.3) is 0 Å². The van der Waals surface area contributed by atoms with E-state index in [1.165, 1.54) is 16.7 Å². The fourth-order valence-corrected chi connectivity index (χ4v) is 5.46. The highest BCUT2D eigenvalue weighted by Crippen LogP contribution is 2.17. The number of carbonyl (C=O) groups is 1. The normalized spacial score (nSPS) is 13.8. The third-order valence-corrected chi connectivity index (χ3v) is 8.10. The Morgan fingerprint density at radius 1 is 1.02 bits per heavy atom. The van der Waals surface area contributed by atoms with Crippen LogP contribution in [-0.4, -0.2) is 34.4 Å². The smallest absolute Gasteiger partial charge is 0.152 e. The fraction of sp³-hybridized carbons (Fsp3) is 0.472. The van der Waals surface area contributed by atoms with Crippen molar-refractivity contribution in [3.05, 3.63) is 88.2 Å². The minimum Gasteiger partial charge on any atom is -0.331 e. The first-order valence-electron chi connectivity index (χ1n) is 14.6. The Balaban J connectivity index is 2.41. The third-order valence-electron chi connectivity index (χ3n) is 6.96. The van der Waals surface area contributed by atoms with Gasteiger partial charge in [-0.2, -0.15) is 11.8 Å². The van der Waals surface area contributed by atoms with Crippen molar-refractivity contribution in [3.63, 3.8) is 0 Å². The molecule has 0 radical (unpaired) electrons. The molecule has 0 aliphatic carbocycles. The van der Waals surface area contributed by atoms with E-state index in [-0.39, 0.29) is 11.8 Å². The fourth-order valence-electron chi connectivity index (χ4n) is 4.45. The molecule has 1 heterocycles. The van der Waals surface area contributed by atoms with Crippen LogP contribution in [-0.2, 0) is 4.79 Å². The first kappa shape index (κ1) is 35.5. The Morgan fingerprint density at radius 2 is 1.68 bits per heavy atom. The van der Waals surface area contributed by atoms with Crippen molar-refractivity contribution >= 4 is 36.8 Å². The maximum Gasteiger partial charge on any atom is 0.152 e. The van der Waals surface area contributed by atoms with Crippen LogP contribution < -0.4 is 16.0 Å². The molecule has 0 spiro atoms. The number of nitrogens with zero attached hydrogens (tertiary/aromatic N) is 1. The number of thioether (sulfide) groups is 1. The first-order valence-corrected chi connectivity index (χ1v) is 15.7. The van der Waals surface area contributed by atoms with Gasteiger partial charge in [0, 0.05) is 34.8 Å². The van der Waals surface area contributed by atoms with Gasteiger partial charge in [0.1, 0.15) is 0 Å². The van der Waals surface area contributed by atoms with Crippen molar-refractivity contribution in [2.75, 3.05) is 18.1 Å². The number of ketones is 1. The van der Waals surface area contributed by atoms with Crippen molar-refractivity contribution in [3.8, 4) is 0 Å². The lowest BCUT2D eigenvalue weighted by Gasteiger charge is -2.19. The molecule has 1 aromatic heterocycles. The molecule has 220 valence electrons. The van der Waals surface area contributed by atoms with Crippen LogP contribution in [0.5, 0.6) is 0 Å². The largest absolute Gasteiger partial charge is 0.331 e. The molecule has 0 fully saturated rings. The van der Waals surface area contributed by atoms with Crippen molar-refractivity contribution in [2.45, 2.75) is 92.2 Å². The summed E-state index contributed by atoms with van der Waals surface area (Å²) in [5, 5.41) is 5.21. The van der Waals surface area contributed by atoms with Crippen molar-refractivity contribution in [1.82, 2.24) is 9.88 Å². The van der Waals surface area contributed by atoms with Crippen LogP contribution in [0.1, 0.15) is 91.7 Å². The molecule has 1 unspecified atom stereocenters. The molecule has 1 rings (SSSR count). The molecule has 0 saturated carbocycles. The number of nitrogens with one attached hydrogen (secondary N) is 1. The second kappa shape index (κ2) is 19.5. The van der Waals surface area contributed by atoms with E-state index in [2.05, 4.69) is 84.5 Å². The van der Waals surface area contributed by atoms with Gasteiger partial charge in [0.2, 0.25) is 0 Å². The van der Waals surface area contributed by atoms with E-state index in [0.29, 0.717) is 12.5 Å². The van der Waals surface area contributed by atoms with Gasteiger partial charge in [-0.05, 0) is 91.7 Å². The minimum atomic E-state index is -0.285. The molecular formula is C36H54N2OS. The number of aromatic nitrogens is 1. The summed E-state index contributed by atoms with van der Waals surface area (Å²) in [5.41, 5.74) is 6.44. The van der Waals surface area contributed by atoms with E-state index in [9.17, 15) is 4.79 Å². The molecule has 0 aliphatic heterocycles. The van der Waals surface area contributed by atoms with Gasteiger partial charge < -0.3 is 9.88 Å². The highest BCUT2D eigenvalue weighted by atomic mass is 32.2. The van der Waals surface area contributed by atoms with Gasteiger partial charge >= 0.3 is 0 Å². The summed E-state index contributed by atoms with van der Waals surface area (Å²) in [6.07, 6.45) is 18.7. The molecule has 4 heteroatoms. The lowest BCUT2D eigenvalue weighted by molar-refractivity contribution is -0.120. The summed E-state index contributed by atoms with van der Waals surface area (Å²) in [6, 6.07) is 2.08. The topological polar surface area (TPSA) is 34.0 Å². The van der Waals surface area contributed by atoms with E-state index >= 15 is 0 Å². The Morgan fingerprint density at radius 3 is 2.30 bits per heavy atom.